The molecular weight excluding hydrogens is 182 g/mol. The van der Waals surface area contributed by atoms with Crippen LogP contribution in [-0.2, 0) is 14.3 Å². The van der Waals surface area contributed by atoms with Crippen LogP contribution in [0.4, 0.5) is 0 Å². The van der Waals surface area contributed by atoms with Crippen molar-refractivity contribution in [3.63, 3.8) is 0 Å². The normalized spacial score (nSPS) is 11.6. The van der Waals surface area contributed by atoms with E-state index in [9.17, 15) is 4.79 Å². The van der Waals surface area contributed by atoms with Gasteiger partial charge in [0, 0.05) is 20.1 Å². The van der Waals surface area contributed by atoms with Gasteiger partial charge in [0.2, 0.25) is 0 Å². The van der Waals surface area contributed by atoms with E-state index in [0.29, 0.717) is 13.2 Å². The van der Waals surface area contributed by atoms with E-state index in [4.69, 9.17) is 15.2 Å². The first-order valence-electron chi connectivity index (χ1n) is 3.59. The zero-order chi connectivity index (χ0) is 8.69. The summed E-state index contributed by atoms with van der Waals surface area (Å²) in [6, 6.07) is -0.530. The average Bonchev–Trinajstić information content (AvgIpc) is 1.97. The molecule has 0 unspecified atom stereocenters. The van der Waals surface area contributed by atoms with E-state index in [1.165, 1.54) is 0 Å². The topological polar surface area (TPSA) is 61.5 Å². The van der Waals surface area contributed by atoms with Crippen LogP contribution in [0.2, 0.25) is 0 Å². The fourth-order valence-corrected chi connectivity index (χ4v) is 0.507. The van der Waals surface area contributed by atoms with Gasteiger partial charge in [0.15, 0.2) is 0 Å². The number of carbonyl (C=O) groups is 1. The Balaban J connectivity index is 0. The zero-order valence-corrected chi connectivity index (χ0v) is 8.23. The second-order valence-corrected chi connectivity index (χ2v) is 2.30. The number of rotatable bonds is 5. The molecule has 0 rings (SSSR count). The molecular formula is C7H16ClNO3. The van der Waals surface area contributed by atoms with Gasteiger partial charge in [0.25, 0.3) is 0 Å². The van der Waals surface area contributed by atoms with Crippen molar-refractivity contribution in [2.24, 2.45) is 5.73 Å². The van der Waals surface area contributed by atoms with Gasteiger partial charge in [-0.1, -0.05) is 0 Å². The third-order valence-electron chi connectivity index (χ3n) is 1.11. The molecule has 0 amide bonds. The minimum absolute atomic E-state index is 0. The van der Waals surface area contributed by atoms with Crippen molar-refractivity contribution in [2.45, 2.75) is 19.4 Å². The molecule has 4 nitrogen and oxygen atoms in total. The van der Waals surface area contributed by atoms with Gasteiger partial charge in [0.05, 0.1) is 6.61 Å². The predicted molar refractivity (Wildman–Crippen MR) is 48.3 cm³/mol. The molecule has 0 aliphatic rings. The van der Waals surface area contributed by atoms with Gasteiger partial charge in [-0.05, 0) is 6.92 Å². The molecule has 0 fully saturated rings. The number of nitrogens with two attached hydrogens (primary N) is 1. The molecule has 0 aliphatic heterocycles. The Bertz CT molecular complexity index is 119. The number of halogens is 1. The van der Waals surface area contributed by atoms with E-state index in [1.807, 2.05) is 0 Å². The molecule has 5 heteroatoms. The van der Waals surface area contributed by atoms with Crippen LogP contribution in [0.3, 0.4) is 0 Å². The largest absolute Gasteiger partial charge is 0.464 e. The Labute approximate surface area is 78.8 Å². The average molecular weight is 198 g/mol. The SMILES string of the molecule is COCCCOC(=O)[C@H](C)N.Cl. The highest BCUT2D eigenvalue weighted by atomic mass is 35.5. The minimum atomic E-state index is -0.530. The van der Waals surface area contributed by atoms with Crippen molar-refractivity contribution in [1.82, 2.24) is 0 Å². The lowest BCUT2D eigenvalue weighted by molar-refractivity contribution is -0.145. The third kappa shape index (κ3) is 7.78. The summed E-state index contributed by atoms with van der Waals surface area (Å²) in [7, 11) is 1.60. The number of hydrogen-bond donors (Lipinski definition) is 1. The molecule has 0 bridgehead atoms. The summed E-state index contributed by atoms with van der Waals surface area (Å²) in [4.78, 5) is 10.7. The van der Waals surface area contributed by atoms with E-state index >= 15 is 0 Å². The quantitative estimate of drug-likeness (QED) is 0.510. The first kappa shape index (κ1) is 14.2. The van der Waals surface area contributed by atoms with E-state index in [1.54, 1.807) is 14.0 Å². The summed E-state index contributed by atoms with van der Waals surface area (Å²) in [5, 5.41) is 0. The summed E-state index contributed by atoms with van der Waals surface area (Å²) in [6.45, 7) is 2.58. The van der Waals surface area contributed by atoms with Crippen LogP contribution < -0.4 is 5.73 Å². The zero-order valence-electron chi connectivity index (χ0n) is 7.41. The first-order valence-corrected chi connectivity index (χ1v) is 3.59. The van der Waals surface area contributed by atoms with Gasteiger partial charge >= 0.3 is 5.97 Å². The highest BCUT2D eigenvalue weighted by molar-refractivity contribution is 5.85. The van der Waals surface area contributed by atoms with Crippen molar-refractivity contribution in [1.29, 1.82) is 0 Å². The molecule has 0 aromatic rings. The lowest BCUT2D eigenvalue weighted by atomic mass is 10.4. The molecule has 0 aromatic heterocycles. The summed E-state index contributed by atoms with van der Waals surface area (Å²) >= 11 is 0. The van der Waals surface area contributed by atoms with Crippen molar-refractivity contribution < 1.29 is 14.3 Å². The molecule has 0 saturated carbocycles. The maximum absolute atomic E-state index is 10.7. The summed E-state index contributed by atoms with van der Waals surface area (Å²) < 4.78 is 9.52. The molecule has 74 valence electrons. The molecule has 12 heavy (non-hydrogen) atoms. The van der Waals surface area contributed by atoms with Crippen LogP contribution in [0, 0.1) is 0 Å². The maximum Gasteiger partial charge on any atom is 0.322 e. The van der Waals surface area contributed by atoms with Crippen LogP contribution in [-0.4, -0.2) is 32.3 Å². The van der Waals surface area contributed by atoms with Gasteiger partial charge in [0.1, 0.15) is 6.04 Å². The van der Waals surface area contributed by atoms with Crippen molar-refractivity contribution in [3.8, 4) is 0 Å². The molecule has 0 aliphatic carbocycles. The van der Waals surface area contributed by atoms with Gasteiger partial charge in [-0.2, -0.15) is 0 Å². The van der Waals surface area contributed by atoms with Crippen molar-refractivity contribution in [2.75, 3.05) is 20.3 Å². The summed E-state index contributed by atoms with van der Waals surface area (Å²) in [5.74, 6) is -0.360. The monoisotopic (exact) mass is 197 g/mol. The fraction of sp³-hybridized carbons (Fsp3) is 0.857. The molecule has 2 N–H and O–H groups in total. The lowest BCUT2D eigenvalue weighted by Gasteiger charge is -2.05. The highest BCUT2D eigenvalue weighted by Gasteiger charge is 2.06. The Morgan fingerprint density at radius 3 is 2.50 bits per heavy atom. The van der Waals surface area contributed by atoms with Crippen LogP contribution in [0.25, 0.3) is 0 Å². The Hall–Kier alpha value is -0.320. The molecule has 0 saturated heterocycles. The van der Waals surface area contributed by atoms with Crippen LogP contribution in [0.5, 0.6) is 0 Å². The second-order valence-electron chi connectivity index (χ2n) is 2.30. The number of hydrogen-bond acceptors (Lipinski definition) is 4. The van der Waals surface area contributed by atoms with Crippen LogP contribution in [0.1, 0.15) is 13.3 Å². The smallest absolute Gasteiger partial charge is 0.322 e. The van der Waals surface area contributed by atoms with Crippen molar-refractivity contribution >= 4 is 18.4 Å². The molecule has 1 atom stereocenters. The predicted octanol–water partition coefficient (Wildman–Crippen LogP) is 0.335. The standard InChI is InChI=1S/C7H15NO3.ClH/c1-6(8)7(9)11-5-3-4-10-2;/h6H,3-5,8H2,1-2H3;1H/t6-;/m0./s1. The molecule has 0 spiro atoms. The van der Waals surface area contributed by atoms with Crippen molar-refractivity contribution in [3.05, 3.63) is 0 Å². The maximum atomic E-state index is 10.7. The van der Waals surface area contributed by atoms with Crippen LogP contribution in [0.15, 0.2) is 0 Å². The molecule has 0 aromatic carbocycles. The van der Waals surface area contributed by atoms with E-state index in [-0.39, 0.29) is 18.4 Å². The van der Waals surface area contributed by atoms with E-state index in [0.717, 1.165) is 6.42 Å². The number of ether oxygens (including phenoxy) is 2. The lowest BCUT2D eigenvalue weighted by Crippen LogP contribution is -2.29. The molecule has 0 heterocycles. The Morgan fingerprint density at radius 2 is 2.08 bits per heavy atom. The van der Waals surface area contributed by atoms with Gasteiger partial charge in [-0.3, -0.25) is 4.79 Å². The third-order valence-corrected chi connectivity index (χ3v) is 1.11. The van der Waals surface area contributed by atoms with Gasteiger partial charge < -0.3 is 15.2 Å². The second kappa shape index (κ2) is 8.77. The minimum Gasteiger partial charge on any atom is -0.464 e. The summed E-state index contributed by atoms with van der Waals surface area (Å²) in [6.07, 6.45) is 0.717. The Kier molecular flexibility index (Phi) is 10.4. The van der Waals surface area contributed by atoms with Crippen LogP contribution >= 0.6 is 12.4 Å². The number of carbonyl (C=O) groups excluding carboxylic acids is 1. The highest BCUT2D eigenvalue weighted by Crippen LogP contribution is 1.87. The fourth-order valence-electron chi connectivity index (χ4n) is 0.507. The summed E-state index contributed by atoms with van der Waals surface area (Å²) in [5.41, 5.74) is 5.24. The van der Waals surface area contributed by atoms with Gasteiger partial charge in [-0.15, -0.1) is 12.4 Å². The first-order chi connectivity index (χ1) is 5.18. The molecule has 0 radical (unpaired) electrons. The number of esters is 1. The van der Waals surface area contributed by atoms with E-state index < -0.39 is 6.04 Å². The van der Waals surface area contributed by atoms with Gasteiger partial charge in [-0.25, -0.2) is 0 Å². The van der Waals surface area contributed by atoms with E-state index in [2.05, 4.69) is 0 Å². The Morgan fingerprint density at radius 1 is 1.50 bits per heavy atom. The number of methoxy groups -OCH3 is 1.